The van der Waals surface area contributed by atoms with Gasteiger partial charge < -0.3 is 25.3 Å². The third-order valence-corrected chi connectivity index (χ3v) is 6.54. The molecule has 0 amide bonds. The molecule has 10 heteroatoms. The van der Waals surface area contributed by atoms with Gasteiger partial charge in [-0.2, -0.15) is 5.10 Å². The molecule has 2 aromatic carbocycles. The third-order valence-electron chi connectivity index (χ3n) is 6.13. The zero-order valence-electron chi connectivity index (χ0n) is 18.7. The summed E-state index contributed by atoms with van der Waals surface area (Å²) in [7, 11) is 2.11. The van der Waals surface area contributed by atoms with E-state index in [0.717, 1.165) is 55.7 Å². The highest BCUT2D eigenvalue weighted by Crippen LogP contribution is 2.32. The molecule has 0 atom stereocenters. The van der Waals surface area contributed by atoms with E-state index in [1.807, 2.05) is 30.3 Å². The Morgan fingerprint density at radius 3 is 2.18 bits per heavy atom. The Bertz CT molecular complexity index is 1020. The number of nitrogens with one attached hydrogen (secondary N) is 1. The Balaban J connectivity index is 1.57. The van der Waals surface area contributed by atoms with E-state index in [2.05, 4.69) is 37.2 Å². The second-order valence-electron chi connectivity index (χ2n) is 8.31. The van der Waals surface area contributed by atoms with Crippen LogP contribution in [0, 0.1) is 5.82 Å². The second-order valence-corrected chi connectivity index (χ2v) is 9.16. The molecule has 33 heavy (non-hydrogen) atoms. The summed E-state index contributed by atoms with van der Waals surface area (Å²) in [5, 5.41) is 4.88. The molecule has 3 N–H and O–H groups in total. The highest BCUT2D eigenvalue weighted by molar-refractivity contribution is 7.80. The van der Waals surface area contributed by atoms with Crippen LogP contribution in [0.15, 0.2) is 41.5 Å². The van der Waals surface area contributed by atoms with Crippen molar-refractivity contribution in [2.24, 2.45) is 10.8 Å². The summed E-state index contributed by atoms with van der Waals surface area (Å²) in [5.41, 5.74) is 11.3. The number of para-hydroxylation sites is 1. The van der Waals surface area contributed by atoms with Crippen LogP contribution in [-0.4, -0.2) is 75.6 Å². The standard InChI is InChI=1S/C23H29ClFN7S/c1-29-6-8-31(9-7-29)21-15-22(19(25)14-17(21)16-27-28-23(26)33)32-12-10-30(11-13-32)20-5-3-2-4-18(20)24/h2-5,14-16H,6-13H2,1H3,(H3,26,28,33). The number of hydrogen-bond acceptors (Lipinski definition) is 6. The molecule has 0 unspecified atom stereocenters. The zero-order valence-corrected chi connectivity index (χ0v) is 20.2. The van der Waals surface area contributed by atoms with Gasteiger partial charge in [0, 0.05) is 63.6 Å². The zero-order chi connectivity index (χ0) is 23.4. The number of hydrazone groups is 1. The third kappa shape index (κ3) is 5.66. The van der Waals surface area contributed by atoms with Crippen molar-refractivity contribution in [1.29, 1.82) is 0 Å². The first-order chi connectivity index (χ1) is 15.9. The minimum Gasteiger partial charge on any atom is -0.375 e. The van der Waals surface area contributed by atoms with Gasteiger partial charge >= 0.3 is 0 Å². The van der Waals surface area contributed by atoms with Crippen molar-refractivity contribution in [2.45, 2.75) is 0 Å². The van der Waals surface area contributed by atoms with Crippen LogP contribution in [0.2, 0.25) is 5.02 Å². The van der Waals surface area contributed by atoms with Crippen LogP contribution in [-0.2, 0) is 0 Å². The number of halogens is 2. The summed E-state index contributed by atoms with van der Waals surface area (Å²) >= 11 is 11.2. The summed E-state index contributed by atoms with van der Waals surface area (Å²) in [6, 6.07) is 11.3. The van der Waals surface area contributed by atoms with E-state index < -0.39 is 0 Å². The fourth-order valence-electron chi connectivity index (χ4n) is 4.30. The van der Waals surface area contributed by atoms with E-state index in [-0.39, 0.29) is 10.9 Å². The van der Waals surface area contributed by atoms with Gasteiger partial charge in [0.1, 0.15) is 5.82 Å². The number of thiocarbonyl (C=S) groups is 1. The molecule has 2 heterocycles. The first-order valence-corrected chi connectivity index (χ1v) is 11.8. The molecule has 0 aromatic heterocycles. The Morgan fingerprint density at radius 1 is 0.970 bits per heavy atom. The number of nitrogens with zero attached hydrogens (tertiary/aromatic N) is 5. The summed E-state index contributed by atoms with van der Waals surface area (Å²) < 4.78 is 15.3. The number of piperazine rings is 2. The first kappa shape index (κ1) is 23.5. The highest BCUT2D eigenvalue weighted by atomic mass is 35.5. The van der Waals surface area contributed by atoms with Crippen molar-refractivity contribution in [3.05, 3.63) is 52.8 Å². The average Bonchev–Trinajstić information content (AvgIpc) is 2.80. The smallest absolute Gasteiger partial charge is 0.184 e. The van der Waals surface area contributed by atoms with Crippen molar-refractivity contribution in [3.63, 3.8) is 0 Å². The molecule has 2 fully saturated rings. The molecule has 2 aliphatic rings. The molecule has 2 saturated heterocycles. The molecule has 7 nitrogen and oxygen atoms in total. The van der Waals surface area contributed by atoms with Crippen LogP contribution in [0.5, 0.6) is 0 Å². The molecule has 4 rings (SSSR count). The number of nitrogens with two attached hydrogens (primary N) is 1. The quantitative estimate of drug-likeness (QED) is 0.380. The van der Waals surface area contributed by atoms with E-state index >= 15 is 4.39 Å². The number of anilines is 3. The van der Waals surface area contributed by atoms with Gasteiger partial charge in [-0.05, 0) is 43.5 Å². The average molecular weight is 490 g/mol. The molecule has 2 aromatic rings. The fourth-order valence-corrected chi connectivity index (χ4v) is 4.60. The Morgan fingerprint density at radius 2 is 1.55 bits per heavy atom. The molecule has 0 radical (unpaired) electrons. The van der Waals surface area contributed by atoms with Crippen LogP contribution >= 0.6 is 23.8 Å². The lowest BCUT2D eigenvalue weighted by atomic mass is 10.1. The minimum absolute atomic E-state index is 0.0703. The molecular formula is C23H29ClFN7S. The van der Waals surface area contributed by atoms with Crippen LogP contribution in [0.25, 0.3) is 0 Å². The van der Waals surface area contributed by atoms with Gasteiger partial charge in [0.25, 0.3) is 0 Å². The van der Waals surface area contributed by atoms with Crippen LogP contribution in [0.4, 0.5) is 21.5 Å². The fraction of sp³-hybridized carbons (Fsp3) is 0.391. The number of hydrogen-bond donors (Lipinski definition) is 2. The number of rotatable bonds is 5. The maximum Gasteiger partial charge on any atom is 0.184 e. The summed E-state index contributed by atoms with van der Waals surface area (Å²) in [4.78, 5) is 8.93. The Labute approximate surface area is 204 Å². The molecule has 0 bridgehead atoms. The summed E-state index contributed by atoms with van der Waals surface area (Å²) in [6.07, 6.45) is 1.58. The van der Waals surface area contributed by atoms with Crippen molar-refractivity contribution in [1.82, 2.24) is 10.3 Å². The van der Waals surface area contributed by atoms with Gasteiger partial charge in [-0.15, -0.1) is 0 Å². The lowest BCUT2D eigenvalue weighted by Crippen LogP contribution is -2.47. The van der Waals surface area contributed by atoms with Crippen LogP contribution in [0.3, 0.4) is 0 Å². The lowest BCUT2D eigenvalue weighted by molar-refractivity contribution is 0.313. The predicted octanol–water partition coefficient (Wildman–Crippen LogP) is 2.72. The molecule has 0 spiro atoms. The Hall–Kier alpha value is -2.62. The monoisotopic (exact) mass is 489 g/mol. The van der Waals surface area contributed by atoms with Gasteiger partial charge in [-0.1, -0.05) is 23.7 Å². The summed E-state index contributed by atoms with van der Waals surface area (Å²) in [6.45, 7) is 6.59. The van der Waals surface area contributed by atoms with E-state index in [4.69, 9.17) is 29.6 Å². The number of benzene rings is 2. The maximum atomic E-state index is 15.3. The molecule has 0 aliphatic carbocycles. The SMILES string of the molecule is CN1CCN(c2cc(N3CCN(c4ccccc4Cl)CC3)c(F)cc2C=NNC(N)=S)CC1. The molecule has 2 aliphatic heterocycles. The summed E-state index contributed by atoms with van der Waals surface area (Å²) in [5.74, 6) is -0.268. The molecule has 176 valence electrons. The molecular weight excluding hydrogens is 461 g/mol. The van der Waals surface area contributed by atoms with Crippen molar-refractivity contribution >= 4 is 52.2 Å². The number of likely N-dealkylation sites (N-methyl/N-ethyl adjacent to an activating group) is 1. The predicted molar refractivity (Wildman–Crippen MR) is 140 cm³/mol. The van der Waals surface area contributed by atoms with Gasteiger partial charge in [0.2, 0.25) is 0 Å². The lowest BCUT2D eigenvalue weighted by Gasteiger charge is -2.39. The minimum atomic E-state index is -0.268. The topological polar surface area (TPSA) is 63.4 Å². The van der Waals surface area contributed by atoms with Crippen LogP contribution in [0.1, 0.15) is 5.56 Å². The van der Waals surface area contributed by atoms with E-state index in [9.17, 15) is 0 Å². The maximum absolute atomic E-state index is 15.3. The molecule has 0 saturated carbocycles. The van der Waals surface area contributed by atoms with Gasteiger partial charge in [-0.3, -0.25) is 5.43 Å². The largest absolute Gasteiger partial charge is 0.375 e. The van der Waals surface area contributed by atoms with E-state index in [1.54, 1.807) is 12.3 Å². The van der Waals surface area contributed by atoms with Gasteiger partial charge in [0.05, 0.1) is 22.6 Å². The Kier molecular flexibility index (Phi) is 7.52. The normalized spacial score (nSPS) is 17.6. The van der Waals surface area contributed by atoms with Crippen molar-refractivity contribution in [3.8, 4) is 0 Å². The van der Waals surface area contributed by atoms with E-state index in [1.165, 1.54) is 0 Å². The second kappa shape index (κ2) is 10.5. The van der Waals surface area contributed by atoms with Gasteiger partial charge in [0.15, 0.2) is 5.11 Å². The van der Waals surface area contributed by atoms with Crippen molar-refractivity contribution in [2.75, 3.05) is 74.1 Å². The van der Waals surface area contributed by atoms with Crippen LogP contribution < -0.4 is 25.9 Å². The highest BCUT2D eigenvalue weighted by Gasteiger charge is 2.24. The first-order valence-electron chi connectivity index (χ1n) is 11.0. The van der Waals surface area contributed by atoms with Crippen molar-refractivity contribution < 1.29 is 4.39 Å². The van der Waals surface area contributed by atoms with Gasteiger partial charge in [-0.25, -0.2) is 4.39 Å². The van der Waals surface area contributed by atoms with E-state index in [0.29, 0.717) is 24.3 Å².